The molecule has 1 heterocycles. The molecular formula is C6H7BrN2O. The largest absolute Gasteiger partial charge is 0.349 e. The van der Waals surface area contributed by atoms with Crippen molar-refractivity contribution in [2.24, 2.45) is 5.73 Å². The van der Waals surface area contributed by atoms with Gasteiger partial charge in [-0.1, -0.05) is 5.16 Å². The first-order valence-corrected chi connectivity index (χ1v) is 3.91. The molecule has 54 valence electrons. The van der Waals surface area contributed by atoms with Crippen molar-refractivity contribution in [1.29, 1.82) is 0 Å². The third kappa shape index (κ3) is 0.793. The molecule has 0 radical (unpaired) electrons. The predicted octanol–water partition coefficient (Wildman–Crippen LogP) is 1.38. The van der Waals surface area contributed by atoms with Crippen LogP contribution in [-0.2, 0) is 5.54 Å². The van der Waals surface area contributed by atoms with Gasteiger partial charge in [0, 0.05) is 11.1 Å². The van der Waals surface area contributed by atoms with Crippen molar-refractivity contribution < 1.29 is 4.52 Å². The average Bonchev–Trinajstić information content (AvgIpc) is 2.44. The fourth-order valence-corrected chi connectivity index (χ4v) is 1.53. The van der Waals surface area contributed by atoms with Crippen LogP contribution in [0.4, 0.5) is 0 Å². The van der Waals surface area contributed by atoms with E-state index < -0.39 is 0 Å². The zero-order valence-electron chi connectivity index (χ0n) is 5.30. The molecule has 10 heavy (non-hydrogen) atoms. The Morgan fingerprint density at radius 2 is 2.40 bits per heavy atom. The summed E-state index contributed by atoms with van der Waals surface area (Å²) in [5.41, 5.74) is 6.74. The summed E-state index contributed by atoms with van der Waals surface area (Å²) in [4.78, 5) is 0. The van der Waals surface area contributed by atoms with Crippen molar-refractivity contribution >= 4 is 15.9 Å². The minimum absolute atomic E-state index is 0.140. The Kier molecular flexibility index (Phi) is 1.16. The quantitative estimate of drug-likeness (QED) is 0.750. The molecule has 1 fully saturated rings. The van der Waals surface area contributed by atoms with Crippen molar-refractivity contribution in [3.63, 3.8) is 0 Å². The summed E-state index contributed by atoms with van der Waals surface area (Å²) >= 11 is 3.23. The van der Waals surface area contributed by atoms with E-state index >= 15 is 0 Å². The monoisotopic (exact) mass is 202 g/mol. The second-order valence-electron chi connectivity index (χ2n) is 2.67. The number of nitrogens with zero attached hydrogens (tertiary/aromatic N) is 1. The first-order valence-electron chi connectivity index (χ1n) is 3.12. The Balaban J connectivity index is 2.42. The Morgan fingerprint density at radius 1 is 1.70 bits per heavy atom. The van der Waals surface area contributed by atoms with Crippen LogP contribution in [0, 0.1) is 0 Å². The van der Waals surface area contributed by atoms with E-state index in [1.54, 1.807) is 6.20 Å². The summed E-state index contributed by atoms with van der Waals surface area (Å²) in [5.74, 6) is 0. The fraction of sp³-hybridized carbons (Fsp3) is 0.500. The number of rotatable bonds is 1. The Hall–Kier alpha value is -0.350. The molecule has 0 amide bonds. The molecule has 1 aromatic heterocycles. The van der Waals surface area contributed by atoms with E-state index in [0.29, 0.717) is 4.67 Å². The first-order chi connectivity index (χ1) is 4.72. The molecule has 0 aromatic carbocycles. The molecule has 1 saturated carbocycles. The van der Waals surface area contributed by atoms with E-state index in [0.717, 1.165) is 18.4 Å². The summed E-state index contributed by atoms with van der Waals surface area (Å²) in [7, 11) is 0. The molecule has 1 aliphatic rings. The van der Waals surface area contributed by atoms with Crippen LogP contribution in [0.1, 0.15) is 18.4 Å². The highest BCUT2D eigenvalue weighted by molar-refractivity contribution is 9.10. The molecule has 2 rings (SSSR count). The Morgan fingerprint density at radius 3 is 2.80 bits per heavy atom. The Bertz CT molecular complexity index is 254. The van der Waals surface area contributed by atoms with Crippen molar-refractivity contribution in [3.05, 3.63) is 16.4 Å². The average molecular weight is 203 g/mol. The third-order valence-electron chi connectivity index (χ3n) is 1.85. The van der Waals surface area contributed by atoms with Crippen LogP contribution in [0.3, 0.4) is 0 Å². The second kappa shape index (κ2) is 1.83. The SMILES string of the molecule is NC1(c2cnoc2Br)CC1. The van der Waals surface area contributed by atoms with Gasteiger partial charge in [0.2, 0.25) is 4.67 Å². The molecule has 0 spiro atoms. The van der Waals surface area contributed by atoms with Gasteiger partial charge in [-0.05, 0) is 28.8 Å². The van der Waals surface area contributed by atoms with E-state index in [9.17, 15) is 0 Å². The molecule has 0 saturated heterocycles. The van der Waals surface area contributed by atoms with Gasteiger partial charge in [-0.15, -0.1) is 0 Å². The van der Waals surface area contributed by atoms with E-state index in [4.69, 9.17) is 10.3 Å². The molecule has 0 aliphatic heterocycles. The van der Waals surface area contributed by atoms with Crippen LogP contribution < -0.4 is 5.73 Å². The lowest BCUT2D eigenvalue weighted by Crippen LogP contribution is -2.18. The van der Waals surface area contributed by atoms with Crippen LogP contribution in [0.15, 0.2) is 15.4 Å². The third-order valence-corrected chi connectivity index (χ3v) is 2.42. The lowest BCUT2D eigenvalue weighted by molar-refractivity contribution is 0.397. The van der Waals surface area contributed by atoms with Gasteiger partial charge in [-0.3, -0.25) is 0 Å². The fourth-order valence-electron chi connectivity index (χ4n) is 0.954. The number of hydrogen-bond donors (Lipinski definition) is 1. The Labute approximate surface area is 66.7 Å². The minimum atomic E-state index is -0.140. The maximum absolute atomic E-state index is 5.88. The van der Waals surface area contributed by atoms with E-state index in [-0.39, 0.29) is 5.54 Å². The van der Waals surface area contributed by atoms with Gasteiger partial charge in [0.15, 0.2) is 0 Å². The van der Waals surface area contributed by atoms with E-state index in [1.165, 1.54) is 0 Å². The number of aromatic nitrogens is 1. The first kappa shape index (κ1) is 6.37. The molecule has 4 heteroatoms. The summed E-state index contributed by atoms with van der Waals surface area (Å²) in [6.07, 6.45) is 3.75. The maximum Gasteiger partial charge on any atom is 0.206 e. The van der Waals surface area contributed by atoms with Crippen LogP contribution >= 0.6 is 15.9 Å². The molecule has 2 N–H and O–H groups in total. The van der Waals surface area contributed by atoms with Gasteiger partial charge in [0.1, 0.15) is 0 Å². The lowest BCUT2D eigenvalue weighted by Gasteiger charge is -2.02. The summed E-state index contributed by atoms with van der Waals surface area (Å²) < 4.78 is 5.49. The van der Waals surface area contributed by atoms with E-state index in [1.807, 2.05) is 0 Å². The van der Waals surface area contributed by atoms with Crippen molar-refractivity contribution in [2.75, 3.05) is 0 Å². The molecule has 1 aromatic rings. The topological polar surface area (TPSA) is 52.0 Å². The number of hydrogen-bond acceptors (Lipinski definition) is 3. The molecule has 0 atom stereocenters. The zero-order chi connectivity index (χ0) is 7.19. The lowest BCUT2D eigenvalue weighted by atomic mass is 10.1. The van der Waals surface area contributed by atoms with Crippen LogP contribution in [0.5, 0.6) is 0 Å². The van der Waals surface area contributed by atoms with Crippen LogP contribution in [0.25, 0.3) is 0 Å². The normalized spacial score (nSPS) is 21.0. The number of nitrogens with two attached hydrogens (primary N) is 1. The van der Waals surface area contributed by atoms with Crippen molar-refractivity contribution in [2.45, 2.75) is 18.4 Å². The van der Waals surface area contributed by atoms with Gasteiger partial charge >= 0.3 is 0 Å². The maximum atomic E-state index is 5.88. The highest BCUT2D eigenvalue weighted by Crippen LogP contribution is 2.45. The molecule has 1 aliphatic carbocycles. The summed E-state index contributed by atoms with van der Waals surface area (Å²) in [6.45, 7) is 0. The van der Waals surface area contributed by atoms with Crippen molar-refractivity contribution in [1.82, 2.24) is 5.16 Å². The number of halogens is 1. The van der Waals surface area contributed by atoms with Gasteiger partial charge in [-0.2, -0.15) is 0 Å². The van der Waals surface area contributed by atoms with Gasteiger partial charge in [0.05, 0.1) is 6.20 Å². The zero-order valence-corrected chi connectivity index (χ0v) is 6.89. The predicted molar refractivity (Wildman–Crippen MR) is 39.3 cm³/mol. The molecule has 3 nitrogen and oxygen atoms in total. The molecule has 0 bridgehead atoms. The standard InChI is InChI=1S/C6H7BrN2O/c7-5-4(3-9-10-5)6(8)1-2-6/h3H,1-2,8H2. The van der Waals surface area contributed by atoms with Crippen LogP contribution in [-0.4, -0.2) is 5.16 Å². The second-order valence-corrected chi connectivity index (χ2v) is 3.39. The minimum Gasteiger partial charge on any atom is -0.349 e. The van der Waals surface area contributed by atoms with E-state index in [2.05, 4.69) is 21.1 Å². The van der Waals surface area contributed by atoms with Crippen LogP contribution in [0.2, 0.25) is 0 Å². The van der Waals surface area contributed by atoms with Crippen molar-refractivity contribution in [3.8, 4) is 0 Å². The van der Waals surface area contributed by atoms with Gasteiger partial charge in [0.25, 0.3) is 0 Å². The molecule has 0 unspecified atom stereocenters. The van der Waals surface area contributed by atoms with Gasteiger partial charge < -0.3 is 10.3 Å². The smallest absolute Gasteiger partial charge is 0.206 e. The van der Waals surface area contributed by atoms with Gasteiger partial charge in [-0.25, -0.2) is 0 Å². The summed E-state index contributed by atoms with van der Waals surface area (Å²) in [6, 6.07) is 0. The highest BCUT2D eigenvalue weighted by Gasteiger charge is 2.43. The molecular weight excluding hydrogens is 196 g/mol. The highest BCUT2D eigenvalue weighted by atomic mass is 79.9. The summed E-state index contributed by atoms with van der Waals surface area (Å²) in [5, 5.41) is 3.63.